The van der Waals surface area contributed by atoms with Crippen LogP contribution in [-0.2, 0) is 5.72 Å². The van der Waals surface area contributed by atoms with Gasteiger partial charge in [-0.2, -0.15) is 0 Å². The number of anilines is 1. The number of hydrogen-bond donors (Lipinski definition) is 1. The molecule has 25 heavy (non-hydrogen) atoms. The van der Waals surface area contributed by atoms with Crippen molar-refractivity contribution in [2.75, 3.05) is 23.7 Å². The molecule has 0 unspecified atom stereocenters. The van der Waals surface area contributed by atoms with Crippen LogP contribution in [0.1, 0.15) is 23.1 Å². The Balaban J connectivity index is 1.83. The van der Waals surface area contributed by atoms with E-state index in [1.165, 1.54) is 23.3 Å². The van der Waals surface area contributed by atoms with Gasteiger partial charge in [0.05, 0.1) is 6.54 Å². The van der Waals surface area contributed by atoms with Gasteiger partial charge in [-0.3, -0.25) is 0 Å². The minimum atomic E-state index is -1.13. The van der Waals surface area contributed by atoms with Gasteiger partial charge in [0.2, 0.25) is 0 Å². The van der Waals surface area contributed by atoms with Gasteiger partial charge in [-0.1, -0.05) is 12.1 Å². The largest absolute Gasteiger partial charge is 0.346 e. The van der Waals surface area contributed by atoms with Crippen molar-refractivity contribution in [3.63, 3.8) is 0 Å². The fourth-order valence-corrected chi connectivity index (χ4v) is 4.85. The maximum Gasteiger partial charge on any atom is 0.316 e. The van der Waals surface area contributed by atoms with Crippen molar-refractivity contribution < 1.29 is 14.1 Å². The maximum atomic E-state index is 13.4. The van der Waals surface area contributed by atoms with E-state index in [9.17, 15) is 9.50 Å². The summed E-state index contributed by atoms with van der Waals surface area (Å²) in [7, 11) is 0. The Morgan fingerprint density at radius 2 is 1.92 bits per heavy atom. The first-order valence-electron chi connectivity index (χ1n) is 8.60. The van der Waals surface area contributed by atoms with Gasteiger partial charge in [-0.15, -0.1) is 0 Å². The van der Waals surface area contributed by atoms with E-state index < -0.39 is 5.72 Å². The van der Waals surface area contributed by atoms with Crippen LogP contribution in [0.3, 0.4) is 0 Å². The summed E-state index contributed by atoms with van der Waals surface area (Å²) in [6.45, 7) is 5.48. The lowest BCUT2D eigenvalue weighted by Crippen LogP contribution is -2.41. The zero-order valence-electron chi connectivity index (χ0n) is 14.5. The van der Waals surface area contributed by atoms with E-state index in [1.54, 1.807) is 23.9 Å². The van der Waals surface area contributed by atoms with Crippen LogP contribution in [0.2, 0.25) is 0 Å². The molecule has 0 fully saturated rings. The molecule has 130 valence electrons. The van der Waals surface area contributed by atoms with Gasteiger partial charge >= 0.3 is 5.17 Å². The number of nitrogens with zero attached hydrogens (tertiary/aromatic N) is 2. The first-order chi connectivity index (χ1) is 12.0. The molecule has 2 aliphatic heterocycles. The zero-order valence-corrected chi connectivity index (χ0v) is 15.3. The van der Waals surface area contributed by atoms with Crippen molar-refractivity contribution in [3.8, 4) is 0 Å². The maximum absolute atomic E-state index is 13.4. The highest BCUT2D eigenvalue weighted by Gasteiger charge is 2.53. The number of β-amino-alcohol motifs (C(OH)–C–C–N with tert-alkyl or cyclic N) is 1. The third-order valence-corrected chi connectivity index (χ3v) is 6.41. The molecule has 0 spiro atoms. The van der Waals surface area contributed by atoms with E-state index in [1.807, 2.05) is 0 Å². The predicted molar refractivity (Wildman–Crippen MR) is 101 cm³/mol. The quantitative estimate of drug-likeness (QED) is 0.832. The van der Waals surface area contributed by atoms with Crippen molar-refractivity contribution in [3.05, 3.63) is 65.0 Å². The van der Waals surface area contributed by atoms with Crippen LogP contribution in [-0.4, -0.2) is 33.7 Å². The zero-order chi connectivity index (χ0) is 17.6. The second-order valence-electron chi connectivity index (χ2n) is 6.76. The van der Waals surface area contributed by atoms with E-state index in [-0.39, 0.29) is 5.82 Å². The summed E-state index contributed by atoms with van der Waals surface area (Å²) in [4.78, 5) is 2.22. The van der Waals surface area contributed by atoms with Gasteiger partial charge in [0.25, 0.3) is 5.72 Å². The molecule has 0 radical (unpaired) electrons. The molecule has 0 aliphatic carbocycles. The lowest BCUT2D eigenvalue weighted by molar-refractivity contribution is -0.656. The number of aliphatic hydroxyl groups is 1. The van der Waals surface area contributed by atoms with E-state index in [2.05, 4.69) is 41.5 Å². The van der Waals surface area contributed by atoms with Crippen molar-refractivity contribution >= 4 is 22.6 Å². The molecule has 2 heterocycles. The molecule has 2 aromatic carbocycles. The number of aryl methyl sites for hydroxylation is 1. The van der Waals surface area contributed by atoms with Crippen LogP contribution in [0.4, 0.5) is 10.1 Å². The molecular weight excluding hydrogens is 335 g/mol. The second kappa shape index (κ2) is 6.15. The van der Waals surface area contributed by atoms with Crippen LogP contribution in [0, 0.1) is 19.7 Å². The minimum absolute atomic E-state index is 0.283. The number of rotatable bonds is 2. The molecule has 2 aromatic rings. The monoisotopic (exact) mass is 357 g/mol. The SMILES string of the molecule is Cc1cccc(N2C[C@@](O)(c3ccc(F)cc3)[N+]3=C2SCCC3)c1C. The van der Waals surface area contributed by atoms with Gasteiger partial charge in [0.15, 0.2) is 6.54 Å². The number of hydrogen-bond acceptors (Lipinski definition) is 3. The topological polar surface area (TPSA) is 26.5 Å². The Bertz CT molecular complexity index is 849. The second-order valence-corrected chi connectivity index (χ2v) is 7.83. The Morgan fingerprint density at radius 3 is 2.68 bits per heavy atom. The highest BCUT2D eigenvalue weighted by atomic mass is 32.2. The number of halogens is 1. The van der Waals surface area contributed by atoms with E-state index in [0.717, 1.165) is 35.1 Å². The van der Waals surface area contributed by atoms with E-state index in [4.69, 9.17) is 0 Å². The molecule has 2 aliphatic rings. The highest BCUT2D eigenvalue weighted by Crippen LogP contribution is 2.38. The van der Waals surface area contributed by atoms with E-state index >= 15 is 0 Å². The summed E-state index contributed by atoms with van der Waals surface area (Å²) in [5.41, 5.74) is 3.20. The molecule has 4 rings (SSSR count). The molecule has 5 heteroatoms. The Labute approximate surface area is 151 Å². The molecule has 1 atom stereocenters. The van der Waals surface area contributed by atoms with Crippen LogP contribution in [0.5, 0.6) is 0 Å². The summed E-state index contributed by atoms with van der Waals surface area (Å²) >= 11 is 1.79. The van der Waals surface area contributed by atoms with Crippen LogP contribution < -0.4 is 4.90 Å². The molecular formula is C20H22FN2OS+. The summed E-state index contributed by atoms with van der Waals surface area (Å²) in [5.74, 6) is 0.765. The summed E-state index contributed by atoms with van der Waals surface area (Å²) in [5, 5.41) is 12.7. The summed E-state index contributed by atoms with van der Waals surface area (Å²) in [6, 6.07) is 12.5. The fourth-order valence-electron chi connectivity index (χ4n) is 3.68. The number of amidine groups is 1. The van der Waals surface area contributed by atoms with Gasteiger partial charge in [0.1, 0.15) is 11.5 Å². The van der Waals surface area contributed by atoms with Crippen LogP contribution >= 0.6 is 11.8 Å². The summed E-state index contributed by atoms with van der Waals surface area (Å²) in [6.07, 6.45) is 1.03. The van der Waals surface area contributed by atoms with Crippen molar-refractivity contribution in [1.82, 2.24) is 0 Å². The highest BCUT2D eigenvalue weighted by molar-refractivity contribution is 8.13. The number of thioether (sulfide) groups is 1. The Hall–Kier alpha value is -1.85. The predicted octanol–water partition coefficient (Wildman–Crippen LogP) is 3.61. The minimum Gasteiger partial charge on any atom is -0.346 e. The van der Waals surface area contributed by atoms with Gasteiger partial charge in [-0.05, 0) is 73.5 Å². The van der Waals surface area contributed by atoms with Crippen LogP contribution in [0.25, 0.3) is 0 Å². The molecule has 1 N–H and O–H groups in total. The molecule has 3 nitrogen and oxygen atoms in total. The standard InChI is InChI=1S/C20H22FN2OS/c1-14-5-3-6-18(15(14)2)22-13-20(24,16-7-9-17(21)10-8-16)23-11-4-12-25-19(22)23/h3,5-10,24H,4,11-13H2,1-2H3/q+1/t20-/m1/s1. The van der Waals surface area contributed by atoms with E-state index in [0.29, 0.717) is 6.54 Å². The van der Waals surface area contributed by atoms with Crippen molar-refractivity contribution in [1.29, 1.82) is 0 Å². The fraction of sp³-hybridized carbons (Fsp3) is 0.350. The normalized spacial score (nSPS) is 23.1. The molecule has 0 saturated heterocycles. The third-order valence-electron chi connectivity index (χ3n) is 5.22. The molecule has 0 saturated carbocycles. The molecule has 0 amide bonds. The summed E-state index contributed by atoms with van der Waals surface area (Å²) < 4.78 is 15.4. The Morgan fingerprint density at radius 1 is 1.16 bits per heavy atom. The Kier molecular flexibility index (Phi) is 4.08. The number of benzene rings is 2. The van der Waals surface area contributed by atoms with Gasteiger partial charge in [-0.25, -0.2) is 13.9 Å². The first-order valence-corrected chi connectivity index (χ1v) is 9.59. The third kappa shape index (κ3) is 2.66. The smallest absolute Gasteiger partial charge is 0.316 e. The lowest BCUT2D eigenvalue weighted by Gasteiger charge is -2.24. The van der Waals surface area contributed by atoms with Gasteiger partial charge < -0.3 is 5.11 Å². The van der Waals surface area contributed by atoms with Crippen LogP contribution in [0.15, 0.2) is 42.5 Å². The van der Waals surface area contributed by atoms with Crippen molar-refractivity contribution in [2.24, 2.45) is 0 Å². The van der Waals surface area contributed by atoms with Crippen molar-refractivity contribution in [2.45, 2.75) is 26.0 Å². The van der Waals surface area contributed by atoms with Gasteiger partial charge in [0, 0.05) is 11.3 Å². The average molecular weight is 357 g/mol. The molecule has 0 bridgehead atoms. The lowest BCUT2D eigenvalue weighted by atomic mass is 10.0. The average Bonchev–Trinajstić information content (AvgIpc) is 2.92. The molecule has 0 aromatic heterocycles. The first kappa shape index (κ1) is 16.6.